The molecule has 1 heterocycles. The van der Waals surface area contributed by atoms with Crippen molar-refractivity contribution in [2.24, 2.45) is 0 Å². The number of carbonyl (C=O) groups is 2. The van der Waals surface area contributed by atoms with Crippen molar-refractivity contribution in [2.75, 3.05) is 11.5 Å². The molecule has 0 spiro atoms. The number of Topliss-reactive ketones (excluding diaryl/α,β-unsaturated/α-hetero) is 1. The molecule has 0 aromatic heterocycles. The lowest BCUT2D eigenvalue weighted by Gasteiger charge is -2.16. The molecule has 0 bridgehead atoms. The zero-order valence-corrected chi connectivity index (χ0v) is 16.2. The van der Waals surface area contributed by atoms with Crippen LogP contribution in [0.25, 0.3) is 6.08 Å². The van der Waals surface area contributed by atoms with E-state index in [1.807, 2.05) is 49.4 Å². The molecule has 132 valence electrons. The first-order chi connectivity index (χ1) is 12.6. The minimum absolute atomic E-state index is 0.193. The summed E-state index contributed by atoms with van der Waals surface area (Å²) in [5, 5.41) is 0. The molecule has 0 aliphatic carbocycles. The van der Waals surface area contributed by atoms with E-state index in [0.717, 1.165) is 27.7 Å². The van der Waals surface area contributed by atoms with Crippen LogP contribution in [0.2, 0.25) is 0 Å². The van der Waals surface area contributed by atoms with Crippen LogP contribution in [0, 0.1) is 6.92 Å². The maximum Gasteiger partial charge on any atom is 0.198 e. The molecule has 2 nitrogen and oxygen atoms in total. The van der Waals surface area contributed by atoms with Crippen molar-refractivity contribution in [3.05, 3.63) is 87.2 Å². The van der Waals surface area contributed by atoms with Crippen LogP contribution in [0.1, 0.15) is 27.9 Å². The van der Waals surface area contributed by atoms with Gasteiger partial charge in [-0.1, -0.05) is 66.2 Å². The predicted molar refractivity (Wildman–Crippen MR) is 113 cm³/mol. The maximum absolute atomic E-state index is 13.0. The van der Waals surface area contributed by atoms with Crippen LogP contribution < -0.4 is 0 Å². The second-order valence-corrected chi connectivity index (χ2v) is 8.49. The Bertz CT molecular complexity index is 841. The largest absolute Gasteiger partial charge is 0.289 e. The van der Waals surface area contributed by atoms with Crippen molar-refractivity contribution in [2.45, 2.75) is 13.3 Å². The van der Waals surface area contributed by atoms with Gasteiger partial charge in [0.15, 0.2) is 11.6 Å². The van der Waals surface area contributed by atoms with Gasteiger partial charge in [0, 0.05) is 5.56 Å². The molecular formula is C22H20O2S2. The van der Waals surface area contributed by atoms with Crippen molar-refractivity contribution in [3.63, 3.8) is 0 Å². The average molecular weight is 381 g/mol. The van der Waals surface area contributed by atoms with E-state index < -0.39 is 0 Å². The highest BCUT2D eigenvalue weighted by Gasteiger charge is 2.24. The third kappa shape index (κ3) is 4.77. The van der Waals surface area contributed by atoms with E-state index >= 15 is 0 Å². The lowest BCUT2D eigenvalue weighted by Crippen LogP contribution is -2.14. The van der Waals surface area contributed by atoms with Gasteiger partial charge in [0.2, 0.25) is 0 Å². The van der Waals surface area contributed by atoms with Crippen molar-refractivity contribution >= 4 is 41.2 Å². The number of thioether (sulfide) groups is 2. The van der Waals surface area contributed by atoms with E-state index in [9.17, 15) is 9.59 Å². The van der Waals surface area contributed by atoms with Gasteiger partial charge in [0.25, 0.3) is 0 Å². The van der Waals surface area contributed by atoms with Gasteiger partial charge in [0.1, 0.15) is 0 Å². The van der Waals surface area contributed by atoms with Gasteiger partial charge in [-0.15, -0.1) is 23.5 Å². The standard InChI is InChI=1S/C22H20O2S2/c1-16-8-10-17(11-9-16)12-13-19(23)20(22-25-14-5-15-26-22)21(24)18-6-3-2-4-7-18/h2-4,6-13H,5,14-15H2,1H3/b13-12+. The normalized spacial score (nSPS) is 14.4. The van der Waals surface area contributed by atoms with Gasteiger partial charge in [0.05, 0.1) is 9.81 Å². The number of allylic oxidation sites excluding steroid dienone is 2. The molecule has 1 saturated heterocycles. The lowest BCUT2D eigenvalue weighted by molar-refractivity contribution is -0.111. The van der Waals surface area contributed by atoms with Crippen LogP contribution in [-0.4, -0.2) is 23.1 Å². The highest BCUT2D eigenvalue weighted by atomic mass is 32.2. The van der Waals surface area contributed by atoms with Gasteiger partial charge in [-0.25, -0.2) is 0 Å². The van der Waals surface area contributed by atoms with Crippen molar-refractivity contribution in [3.8, 4) is 0 Å². The van der Waals surface area contributed by atoms with Crippen molar-refractivity contribution in [1.82, 2.24) is 0 Å². The Morgan fingerprint density at radius 2 is 1.58 bits per heavy atom. The molecule has 0 amide bonds. The SMILES string of the molecule is Cc1ccc(/C=C/C(=O)C(C(=O)c2ccccc2)=C2SCCCS2)cc1. The predicted octanol–water partition coefficient (Wildman–Crippen LogP) is 5.54. The molecule has 0 N–H and O–H groups in total. The molecule has 0 unspecified atom stereocenters. The Morgan fingerprint density at radius 3 is 2.23 bits per heavy atom. The van der Waals surface area contributed by atoms with Crippen LogP contribution in [0.15, 0.2) is 70.5 Å². The summed E-state index contributed by atoms with van der Waals surface area (Å²) in [6, 6.07) is 17.0. The molecule has 2 aromatic carbocycles. The molecular weight excluding hydrogens is 360 g/mol. The zero-order chi connectivity index (χ0) is 18.4. The summed E-state index contributed by atoms with van der Waals surface area (Å²) in [5.41, 5.74) is 2.98. The molecule has 2 aromatic rings. The molecule has 1 fully saturated rings. The Labute approximate surface area is 162 Å². The minimum Gasteiger partial charge on any atom is -0.289 e. The Morgan fingerprint density at radius 1 is 0.923 bits per heavy atom. The van der Waals surface area contributed by atoms with Crippen LogP contribution in [0.3, 0.4) is 0 Å². The number of aryl methyl sites for hydroxylation is 1. The summed E-state index contributed by atoms with van der Waals surface area (Å²) in [7, 11) is 0. The zero-order valence-electron chi connectivity index (χ0n) is 14.6. The van der Waals surface area contributed by atoms with E-state index in [4.69, 9.17) is 0 Å². The number of hydrogen-bond acceptors (Lipinski definition) is 4. The van der Waals surface area contributed by atoms with E-state index in [-0.39, 0.29) is 11.6 Å². The third-order valence-corrected chi connectivity index (χ3v) is 6.60. The highest BCUT2D eigenvalue weighted by molar-refractivity contribution is 8.22. The number of ketones is 2. The summed E-state index contributed by atoms with van der Waals surface area (Å²) in [4.78, 5) is 25.9. The van der Waals surface area contributed by atoms with Crippen molar-refractivity contribution in [1.29, 1.82) is 0 Å². The number of benzene rings is 2. The van der Waals surface area contributed by atoms with Crippen LogP contribution >= 0.6 is 23.5 Å². The monoisotopic (exact) mass is 380 g/mol. The van der Waals surface area contributed by atoms with Gasteiger partial charge in [-0.05, 0) is 36.5 Å². The van der Waals surface area contributed by atoms with E-state index in [0.29, 0.717) is 11.1 Å². The quantitative estimate of drug-likeness (QED) is 0.295. The van der Waals surface area contributed by atoms with Crippen LogP contribution in [0.4, 0.5) is 0 Å². The number of hydrogen-bond donors (Lipinski definition) is 0. The fourth-order valence-electron chi connectivity index (χ4n) is 2.55. The Hall–Kier alpha value is -2.04. The lowest BCUT2D eigenvalue weighted by atomic mass is 10.0. The second-order valence-electron chi connectivity index (χ2n) is 6.02. The molecule has 4 heteroatoms. The molecule has 26 heavy (non-hydrogen) atoms. The fourth-order valence-corrected chi connectivity index (χ4v) is 5.19. The van der Waals surface area contributed by atoms with E-state index in [2.05, 4.69) is 0 Å². The topological polar surface area (TPSA) is 34.1 Å². The fraction of sp³-hybridized carbons (Fsp3) is 0.182. The van der Waals surface area contributed by atoms with Gasteiger partial charge in [-0.3, -0.25) is 9.59 Å². The van der Waals surface area contributed by atoms with Gasteiger partial charge >= 0.3 is 0 Å². The van der Waals surface area contributed by atoms with E-state index in [1.54, 1.807) is 41.7 Å². The minimum atomic E-state index is -0.226. The van der Waals surface area contributed by atoms with Crippen molar-refractivity contribution < 1.29 is 9.59 Å². The third-order valence-electron chi connectivity index (χ3n) is 3.97. The molecule has 0 radical (unpaired) electrons. The molecule has 1 aliphatic rings. The summed E-state index contributed by atoms with van der Waals surface area (Å²) in [5.74, 6) is 1.48. The first kappa shape index (κ1) is 18.7. The number of carbonyl (C=O) groups excluding carboxylic acids is 2. The highest BCUT2D eigenvalue weighted by Crippen LogP contribution is 2.38. The summed E-state index contributed by atoms with van der Waals surface area (Å²) in [6.07, 6.45) is 4.39. The average Bonchev–Trinajstić information content (AvgIpc) is 2.69. The first-order valence-corrected chi connectivity index (χ1v) is 10.5. The smallest absolute Gasteiger partial charge is 0.198 e. The van der Waals surface area contributed by atoms with Gasteiger partial charge in [-0.2, -0.15) is 0 Å². The Balaban J connectivity index is 1.91. The van der Waals surface area contributed by atoms with Crippen LogP contribution in [0.5, 0.6) is 0 Å². The molecule has 1 aliphatic heterocycles. The summed E-state index contributed by atoms with van der Waals surface area (Å²) >= 11 is 3.23. The molecule has 0 saturated carbocycles. The maximum atomic E-state index is 13.0. The first-order valence-electron chi connectivity index (χ1n) is 8.54. The van der Waals surface area contributed by atoms with Crippen LogP contribution in [-0.2, 0) is 4.79 Å². The summed E-state index contributed by atoms with van der Waals surface area (Å²) in [6.45, 7) is 2.03. The Kier molecular flexibility index (Phi) is 6.53. The summed E-state index contributed by atoms with van der Waals surface area (Å²) < 4.78 is 0.851. The molecule has 0 atom stereocenters. The number of rotatable bonds is 5. The molecule has 3 rings (SSSR count). The second kappa shape index (κ2) is 9.06. The van der Waals surface area contributed by atoms with Gasteiger partial charge < -0.3 is 0 Å². The van der Waals surface area contributed by atoms with E-state index in [1.165, 1.54) is 11.6 Å².